The topological polar surface area (TPSA) is 40.5 Å². The van der Waals surface area contributed by atoms with Crippen LogP contribution >= 0.6 is 0 Å². The van der Waals surface area contributed by atoms with Crippen molar-refractivity contribution in [1.82, 2.24) is 0 Å². The number of aliphatic hydroxyl groups is 2. The van der Waals surface area contributed by atoms with Crippen LogP contribution in [0.25, 0.3) is 0 Å². The van der Waals surface area contributed by atoms with Crippen molar-refractivity contribution in [1.29, 1.82) is 0 Å². The highest BCUT2D eigenvalue weighted by Gasteiger charge is 2.51. The molecule has 2 nitrogen and oxygen atoms in total. The lowest BCUT2D eigenvalue weighted by Crippen LogP contribution is -2.35. The van der Waals surface area contributed by atoms with E-state index in [-0.39, 0.29) is 12.2 Å². The van der Waals surface area contributed by atoms with Crippen LogP contribution in [0.1, 0.15) is 172 Å². The van der Waals surface area contributed by atoms with E-state index >= 15 is 0 Å². The molecule has 0 aromatic rings. The molecular formula is C56H88O2. The van der Waals surface area contributed by atoms with Gasteiger partial charge in [0.25, 0.3) is 0 Å². The molecule has 6 saturated carbocycles. The molecule has 6 fully saturated rings. The fourth-order valence-electron chi connectivity index (χ4n) is 12.5. The summed E-state index contributed by atoms with van der Waals surface area (Å²) in [6.07, 6.45) is 37.6. The van der Waals surface area contributed by atoms with Crippen molar-refractivity contribution in [2.75, 3.05) is 0 Å². The van der Waals surface area contributed by atoms with Crippen LogP contribution in [0.15, 0.2) is 95.2 Å². The van der Waals surface area contributed by atoms with Crippen LogP contribution in [0, 0.1) is 70.0 Å². The molecule has 0 aromatic heterocycles. The summed E-state index contributed by atoms with van der Waals surface area (Å²) in [6.45, 7) is 32.5. The van der Waals surface area contributed by atoms with Crippen LogP contribution in [0.2, 0.25) is 0 Å². The average molecular weight is 793 g/mol. The van der Waals surface area contributed by atoms with E-state index in [4.69, 9.17) is 0 Å². The highest BCUT2D eigenvalue weighted by atomic mass is 16.3. The standard InChI is InChI=1S/2C28H44O/c2*1-19(2)20(3)9-10-22(5)26-15-16-27-23(8-7-17-28(26,27)6)12-13-24-18-25(29)14-11-21(24)4/h2*9-10,12-13,19-20,22,25-27,29H,4,7-8,11,14-18H2,1-3,5-6H3/b2*10-9+,23-12+,24-13-/t2*20-,22+,25-,26+,27-,28+/m00/s1. The molecule has 6 aliphatic rings. The maximum absolute atomic E-state index is 10.0. The highest BCUT2D eigenvalue weighted by Crippen LogP contribution is 2.61. The smallest absolute Gasteiger partial charge is 0.0583 e. The third kappa shape index (κ3) is 11.2. The van der Waals surface area contributed by atoms with Gasteiger partial charge in [-0.1, -0.05) is 153 Å². The Bertz CT molecular complexity index is 1470. The van der Waals surface area contributed by atoms with E-state index < -0.39 is 0 Å². The highest BCUT2D eigenvalue weighted by molar-refractivity contribution is 5.37. The SMILES string of the molecule is C=C1CC[C@H](O)C/C1=C/C=C1\CCC[C@]2(C)[C@@H]([C@H](C)/C=C/[C@H](C)C(C)C)CC[C@@H]12.C=C1CC[C@H](O)C/C1=C/C=C1\CCC[C@]2(C)[C@@H]([C@H](C)/C=C/[C@H](C)C(C)C)CC[C@@H]12. The lowest BCUT2D eigenvalue weighted by atomic mass is 9.61. The van der Waals surface area contributed by atoms with Gasteiger partial charge in [-0.2, -0.15) is 0 Å². The molecule has 2 N–H and O–H groups in total. The Morgan fingerprint density at radius 2 is 0.897 bits per heavy atom. The molecule has 0 heterocycles. The van der Waals surface area contributed by atoms with E-state index in [1.807, 2.05) is 0 Å². The van der Waals surface area contributed by atoms with Gasteiger partial charge in [0.15, 0.2) is 0 Å². The van der Waals surface area contributed by atoms with Crippen LogP contribution in [0.5, 0.6) is 0 Å². The first-order valence-corrected chi connectivity index (χ1v) is 24.3. The molecule has 324 valence electrons. The third-order valence-electron chi connectivity index (χ3n) is 17.3. The Labute approximate surface area is 358 Å². The van der Waals surface area contributed by atoms with Crippen LogP contribution < -0.4 is 0 Å². The molecule has 0 radical (unpaired) electrons. The first-order valence-electron chi connectivity index (χ1n) is 24.3. The Morgan fingerprint density at radius 1 is 0.517 bits per heavy atom. The van der Waals surface area contributed by atoms with Crippen molar-refractivity contribution in [2.24, 2.45) is 70.0 Å². The van der Waals surface area contributed by atoms with Crippen LogP contribution in [0.4, 0.5) is 0 Å². The molecule has 58 heavy (non-hydrogen) atoms. The van der Waals surface area contributed by atoms with E-state index in [0.717, 1.165) is 74.0 Å². The molecule has 6 rings (SSSR count). The van der Waals surface area contributed by atoms with Gasteiger partial charge >= 0.3 is 0 Å². The number of aliphatic hydroxyl groups excluding tert-OH is 2. The first-order chi connectivity index (χ1) is 27.4. The van der Waals surface area contributed by atoms with E-state index in [2.05, 4.69) is 131 Å². The second kappa shape index (κ2) is 20.6. The summed E-state index contributed by atoms with van der Waals surface area (Å²) in [5, 5.41) is 20.1. The first kappa shape index (κ1) is 46.9. The number of hydrogen-bond acceptors (Lipinski definition) is 2. The lowest BCUT2D eigenvalue weighted by Gasteiger charge is -2.44. The summed E-state index contributed by atoms with van der Waals surface area (Å²) in [5.74, 6) is 7.15. The van der Waals surface area contributed by atoms with Crippen molar-refractivity contribution >= 4 is 0 Å². The molecule has 0 saturated heterocycles. The minimum Gasteiger partial charge on any atom is -0.393 e. The second-order valence-corrected chi connectivity index (χ2v) is 21.8. The predicted octanol–water partition coefficient (Wildman–Crippen LogP) is 15.3. The van der Waals surface area contributed by atoms with E-state index in [9.17, 15) is 10.2 Å². The molecule has 6 aliphatic carbocycles. The molecule has 0 unspecified atom stereocenters. The van der Waals surface area contributed by atoms with Gasteiger partial charge in [-0.15, -0.1) is 0 Å². The Balaban J connectivity index is 0.000000221. The number of allylic oxidation sites excluding steroid dienone is 12. The van der Waals surface area contributed by atoms with Gasteiger partial charge in [-0.05, 0) is 184 Å². The lowest BCUT2D eigenvalue weighted by molar-refractivity contribution is 0.112. The van der Waals surface area contributed by atoms with E-state index in [1.165, 1.54) is 86.5 Å². The van der Waals surface area contributed by atoms with Gasteiger partial charge in [0.2, 0.25) is 0 Å². The van der Waals surface area contributed by atoms with Gasteiger partial charge < -0.3 is 10.2 Å². The summed E-state index contributed by atoms with van der Waals surface area (Å²) in [4.78, 5) is 0. The molecule has 0 spiro atoms. The maximum atomic E-state index is 10.0. The largest absolute Gasteiger partial charge is 0.393 e. The molecule has 12 atom stereocenters. The van der Waals surface area contributed by atoms with Gasteiger partial charge in [-0.3, -0.25) is 0 Å². The second-order valence-electron chi connectivity index (χ2n) is 21.8. The van der Waals surface area contributed by atoms with Crippen LogP contribution in [0.3, 0.4) is 0 Å². The van der Waals surface area contributed by atoms with Crippen molar-refractivity contribution in [3.05, 3.63) is 95.2 Å². The summed E-state index contributed by atoms with van der Waals surface area (Å²) in [6, 6.07) is 0. The van der Waals surface area contributed by atoms with Crippen molar-refractivity contribution in [2.45, 2.75) is 184 Å². The molecule has 0 aliphatic heterocycles. The van der Waals surface area contributed by atoms with Gasteiger partial charge in [0, 0.05) is 0 Å². The molecule has 0 bridgehead atoms. The number of rotatable bonds is 10. The molecule has 2 heteroatoms. The van der Waals surface area contributed by atoms with Crippen LogP contribution in [-0.2, 0) is 0 Å². The fraction of sp³-hybridized carbons (Fsp3) is 0.714. The molecular weight excluding hydrogens is 705 g/mol. The summed E-state index contributed by atoms with van der Waals surface area (Å²) in [5.41, 5.74) is 9.21. The van der Waals surface area contributed by atoms with Gasteiger partial charge in [0.05, 0.1) is 12.2 Å². The average Bonchev–Trinajstić information content (AvgIpc) is 3.73. The Hall–Kier alpha value is -2.16. The zero-order chi connectivity index (χ0) is 42.4. The zero-order valence-electron chi connectivity index (χ0n) is 39.2. The summed E-state index contributed by atoms with van der Waals surface area (Å²) < 4.78 is 0. The predicted molar refractivity (Wildman–Crippen MR) is 251 cm³/mol. The van der Waals surface area contributed by atoms with Crippen molar-refractivity contribution in [3.63, 3.8) is 0 Å². The summed E-state index contributed by atoms with van der Waals surface area (Å²) in [7, 11) is 0. The summed E-state index contributed by atoms with van der Waals surface area (Å²) >= 11 is 0. The zero-order valence-corrected chi connectivity index (χ0v) is 39.2. The maximum Gasteiger partial charge on any atom is 0.0583 e. The Morgan fingerprint density at radius 3 is 1.26 bits per heavy atom. The van der Waals surface area contributed by atoms with Gasteiger partial charge in [0.1, 0.15) is 0 Å². The molecule has 0 amide bonds. The molecule has 0 aromatic carbocycles. The van der Waals surface area contributed by atoms with Crippen molar-refractivity contribution < 1.29 is 10.2 Å². The normalized spacial score (nSPS) is 38.2. The van der Waals surface area contributed by atoms with Crippen molar-refractivity contribution in [3.8, 4) is 0 Å². The fourth-order valence-corrected chi connectivity index (χ4v) is 12.5. The Kier molecular flexibility index (Phi) is 16.7. The van der Waals surface area contributed by atoms with E-state index in [1.54, 1.807) is 11.1 Å². The number of hydrogen-bond donors (Lipinski definition) is 2. The minimum absolute atomic E-state index is 0.182. The van der Waals surface area contributed by atoms with Crippen LogP contribution in [-0.4, -0.2) is 22.4 Å². The van der Waals surface area contributed by atoms with Gasteiger partial charge in [-0.25, -0.2) is 0 Å². The van der Waals surface area contributed by atoms with E-state index in [0.29, 0.717) is 34.5 Å². The minimum atomic E-state index is -0.182. The number of fused-ring (bicyclic) bond motifs is 2. The quantitative estimate of drug-likeness (QED) is 0.216. The third-order valence-corrected chi connectivity index (χ3v) is 17.3. The monoisotopic (exact) mass is 793 g/mol.